The Hall–Kier alpha value is -2.12. The Balaban J connectivity index is 0. The minimum atomic E-state index is -1.37. The van der Waals surface area contributed by atoms with E-state index in [4.69, 9.17) is 0 Å². The molecule has 0 bridgehead atoms. The summed E-state index contributed by atoms with van der Waals surface area (Å²) in [7, 11) is 0. The standard InChI is InChI=1S/2C4H6O4/c2*5-3(6)1-2-4(7)8/h2*1-2H2,(H,5,6)(H,7,8)/p-4. The van der Waals surface area contributed by atoms with E-state index in [2.05, 4.69) is 0 Å². The fourth-order valence-electron chi connectivity index (χ4n) is 0.408. The van der Waals surface area contributed by atoms with Gasteiger partial charge < -0.3 is 39.6 Å². The van der Waals surface area contributed by atoms with Crippen molar-refractivity contribution in [3.8, 4) is 0 Å². The van der Waals surface area contributed by atoms with Crippen LogP contribution in [0.5, 0.6) is 0 Å². The lowest BCUT2D eigenvalue weighted by Gasteiger charge is -2.00. The molecule has 0 spiro atoms. The van der Waals surface area contributed by atoms with E-state index in [1.807, 2.05) is 0 Å². The number of carbonyl (C=O) groups is 4. The molecule has 0 aliphatic heterocycles. The lowest BCUT2D eigenvalue weighted by molar-refractivity contribution is -0.315. The van der Waals surface area contributed by atoms with Gasteiger partial charge in [0, 0.05) is 23.9 Å². The highest BCUT2D eigenvalue weighted by molar-refractivity contribution is 5.73. The van der Waals surface area contributed by atoms with Crippen LogP contribution in [-0.4, -0.2) is 23.9 Å². The van der Waals surface area contributed by atoms with E-state index < -0.39 is 49.6 Å². The van der Waals surface area contributed by atoms with E-state index in [1.165, 1.54) is 0 Å². The summed E-state index contributed by atoms with van der Waals surface area (Å²) >= 11 is 0. The second-order valence-electron chi connectivity index (χ2n) is 2.49. The smallest absolute Gasteiger partial charge is 0.0418 e. The zero-order chi connectivity index (χ0) is 13.1. The molecule has 0 fully saturated rings. The predicted octanol–water partition coefficient (Wildman–Crippen LogP) is -5.47. The Kier molecular flexibility index (Phi) is 9.62. The summed E-state index contributed by atoms with van der Waals surface area (Å²) in [6, 6.07) is 0. The molecular formula is C8H8O8-4. The molecule has 0 aromatic rings. The van der Waals surface area contributed by atoms with Crippen LogP contribution in [0.1, 0.15) is 25.7 Å². The first kappa shape index (κ1) is 16.3. The molecule has 8 heteroatoms. The average molecular weight is 232 g/mol. The molecule has 16 heavy (non-hydrogen) atoms. The van der Waals surface area contributed by atoms with Crippen molar-refractivity contribution in [2.45, 2.75) is 25.7 Å². The molecule has 0 aromatic carbocycles. The van der Waals surface area contributed by atoms with Gasteiger partial charge in [-0.15, -0.1) is 0 Å². The van der Waals surface area contributed by atoms with Gasteiger partial charge >= 0.3 is 0 Å². The van der Waals surface area contributed by atoms with Gasteiger partial charge in [0.05, 0.1) is 0 Å². The van der Waals surface area contributed by atoms with Crippen LogP contribution in [-0.2, 0) is 19.2 Å². The lowest BCUT2D eigenvalue weighted by Crippen LogP contribution is -2.27. The van der Waals surface area contributed by atoms with Crippen LogP contribution in [0.25, 0.3) is 0 Å². The largest absolute Gasteiger partial charge is 0.550 e. The number of carboxylic acids is 4. The van der Waals surface area contributed by atoms with Gasteiger partial charge in [0.25, 0.3) is 0 Å². The molecule has 0 radical (unpaired) electrons. The fourth-order valence-corrected chi connectivity index (χ4v) is 0.408. The highest BCUT2D eigenvalue weighted by Gasteiger charge is 1.85. The number of carboxylic acid groups (broad SMARTS) is 4. The normalized spacial score (nSPS) is 8.50. The third-order valence-corrected chi connectivity index (χ3v) is 1.07. The SMILES string of the molecule is O=C([O-])CCC(=O)[O-].O=C([O-])CCC(=O)[O-]. The van der Waals surface area contributed by atoms with Gasteiger partial charge in [0.1, 0.15) is 0 Å². The van der Waals surface area contributed by atoms with Crippen molar-refractivity contribution in [2.24, 2.45) is 0 Å². The maximum Gasteiger partial charge on any atom is 0.0418 e. The van der Waals surface area contributed by atoms with E-state index in [-0.39, 0.29) is 0 Å². The van der Waals surface area contributed by atoms with Crippen molar-refractivity contribution in [2.75, 3.05) is 0 Å². The van der Waals surface area contributed by atoms with Crippen LogP contribution in [0, 0.1) is 0 Å². The summed E-state index contributed by atoms with van der Waals surface area (Å²) in [4.78, 5) is 38.0. The van der Waals surface area contributed by atoms with Crippen molar-refractivity contribution < 1.29 is 39.6 Å². The summed E-state index contributed by atoms with van der Waals surface area (Å²) in [5, 5.41) is 38.0. The monoisotopic (exact) mass is 232 g/mol. The average Bonchev–Trinajstić information content (AvgIpc) is 2.12. The van der Waals surface area contributed by atoms with Gasteiger partial charge in [-0.1, -0.05) is 0 Å². The Bertz CT molecular complexity index is 213. The van der Waals surface area contributed by atoms with Crippen LogP contribution in [0.2, 0.25) is 0 Å². The van der Waals surface area contributed by atoms with Crippen molar-refractivity contribution >= 4 is 23.9 Å². The summed E-state index contributed by atoms with van der Waals surface area (Å²) in [6.45, 7) is 0. The van der Waals surface area contributed by atoms with Crippen LogP contribution in [0.4, 0.5) is 0 Å². The number of hydrogen-bond acceptors (Lipinski definition) is 8. The topological polar surface area (TPSA) is 161 Å². The summed E-state index contributed by atoms with van der Waals surface area (Å²) in [5.41, 5.74) is 0. The van der Waals surface area contributed by atoms with Gasteiger partial charge in [0.15, 0.2) is 0 Å². The van der Waals surface area contributed by atoms with E-state index in [1.54, 1.807) is 0 Å². The van der Waals surface area contributed by atoms with Gasteiger partial charge in [-0.2, -0.15) is 0 Å². The quantitative estimate of drug-likeness (QED) is 0.438. The first-order valence-corrected chi connectivity index (χ1v) is 4.05. The summed E-state index contributed by atoms with van der Waals surface area (Å²) in [6.07, 6.45) is -1.88. The van der Waals surface area contributed by atoms with Crippen LogP contribution >= 0.6 is 0 Å². The van der Waals surface area contributed by atoms with E-state index >= 15 is 0 Å². The molecule has 0 aliphatic carbocycles. The third kappa shape index (κ3) is 22.6. The highest BCUT2D eigenvalue weighted by Crippen LogP contribution is 1.82. The van der Waals surface area contributed by atoms with Gasteiger partial charge in [-0.3, -0.25) is 0 Å². The number of carbonyl (C=O) groups excluding carboxylic acids is 4. The van der Waals surface area contributed by atoms with Gasteiger partial charge in [-0.05, 0) is 25.7 Å². The number of aliphatic carboxylic acids is 4. The third-order valence-electron chi connectivity index (χ3n) is 1.07. The molecule has 8 nitrogen and oxygen atoms in total. The van der Waals surface area contributed by atoms with E-state index in [0.717, 1.165) is 0 Å². The van der Waals surface area contributed by atoms with Gasteiger partial charge in [0.2, 0.25) is 0 Å². The minimum Gasteiger partial charge on any atom is -0.550 e. The number of rotatable bonds is 6. The second kappa shape index (κ2) is 9.44. The van der Waals surface area contributed by atoms with Crippen LogP contribution in [0.15, 0.2) is 0 Å². The first-order valence-electron chi connectivity index (χ1n) is 4.05. The van der Waals surface area contributed by atoms with E-state index in [0.29, 0.717) is 0 Å². The zero-order valence-corrected chi connectivity index (χ0v) is 8.09. The minimum absolute atomic E-state index is 0.470. The highest BCUT2D eigenvalue weighted by atomic mass is 16.4. The number of hydrogen-bond donors (Lipinski definition) is 0. The molecule has 0 aromatic heterocycles. The molecule has 0 aliphatic rings. The van der Waals surface area contributed by atoms with Gasteiger partial charge in [-0.25, -0.2) is 0 Å². The summed E-state index contributed by atoms with van der Waals surface area (Å²) < 4.78 is 0. The first-order chi connectivity index (χ1) is 7.25. The Morgan fingerprint density at radius 2 is 0.625 bits per heavy atom. The Morgan fingerprint density at radius 3 is 0.688 bits per heavy atom. The fraction of sp³-hybridized carbons (Fsp3) is 0.500. The molecule has 0 amide bonds. The summed E-state index contributed by atoms with van der Waals surface area (Å²) in [5.74, 6) is -5.47. The van der Waals surface area contributed by atoms with Crippen LogP contribution < -0.4 is 20.4 Å². The molecule has 0 N–H and O–H groups in total. The van der Waals surface area contributed by atoms with E-state index in [9.17, 15) is 39.6 Å². The van der Waals surface area contributed by atoms with Crippen LogP contribution in [0.3, 0.4) is 0 Å². The Labute approximate surface area is 90.1 Å². The van der Waals surface area contributed by atoms with Crippen molar-refractivity contribution in [1.82, 2.24) is 0 Å². The molecule has 0 unspecified atom stereocenters. The van der Waals surface area contributed by atoms with Crippen molar-refractivity contribution in [3.63, 3.8) is 0 Å². The molecule has 0 rings (SSSR count). The molecular weight excluding hydrogens is 224 g/mol. The van der Waals surface area contributed by atoms with Crippen molar-refractivity contribution in [3.05, 3.63) is 0 Å². The lowest BCUT2D eigenvalue weighted by atomic mass is 10.3. The maximum absolute atomic E-state index is 9.50. The second-order valence-corrected chi connectivity index (χ2v) is 2.49. The molecule has 92 valence electrons. The molecule has 0 atom stereocenters. The maximum atomic E-state index is 9.50. The molecule has 0 saturated heterocycles. The molecule has 0 heterocycles. The Morgan fingerprint density at radius 1 is 0.500 bits per heavy atom. The molecule has 0 saturated carbocycles. The predicted molar refractivity (Wildman–Crippen MR) is 38.5 cm³/mol. The van der Waals surface area contributed by atoms with Crippen molar-refractivity contribution in [1.29, 1.82) is 0 Å². The zero-order valence-electron chi connectivity index (χ0n) is 8.09.